The minimum absolute atomic E-state index is 0.228. The number of fused-ring (bicyclic) bond motifs is 1. The van der Waals surface area contributed by atoms with E-state index in [0.717, 1.165) is 44.2 Å². The maximum atomic E-state index is 9.07. The second kappa shape index (κ2) is 10.2. The van der Waals surface area contributed by atoms with Gasteiger partial charge in [-0.05, 0) is 60.4 Å². The fourth-order valence-corrected chi connectivity index (χ4v) is 3.67. The van der Waals surface area contributed by atoms with E-state index >= 15 is 0 Å². The normalized spacial score (nSPS) is 16.1. The highest BCUT2D eigenvalue weighted by Crippen LogP contribution is 2.27. The summed E-state index contributed by atoms with van der Waals surface area (Å²) < 4.78 is 0. The van der Waals surface area contributed by atoms with Crippen molar-refractivity contribution in [3.8, 4) is 0 Å². The second-order valence-electron chi connectivity index (χ2n) is 7.23. The Labute approximate surface area is 162 Å². The Balaban J connectivity index is 1.54. The summed E-state index contributed by atoms with van der Waals surface area (Å²) in [6.45, 7) is 1.47. The van der Waals surface area contributed by atoms with Crippen molar-refractivity contribution in [2.24, 2.45) is 10.9 Å². The summed E-state index contributed by atoms with van der Waals surface area (Å²) in [7, 11) is 0. The van der Waals surface area contributed by atoms with E-state index in [2.05, 4.69) is 35.5 Å². The number of rotatable bonds is 9. The number of oxime groups is 1. The van der Waals surface area contributed by atoms with Crippen LogP contribution < -0.4 is 5.73 Å². The molecule has 0 aromatic heterocycles. The van der Waals surface area contributed by atoms with Crippen molar-refractivity contribution in [1.82, 2.24) is 0 Å². The molecule has 0 spiro atoms. The topological polar surface area (TPSA) is 67.8 Å². The maximum Gasteiger partial charge on any atom is 0.121 e. The number of aliphatic hydroxyl groups excluding tert-OH is 1. The summed E-state index contributed by atoms with van der Waals surface area (Å²) in [5.74, 6) is 0.332. The minimum atomic E-state index is 0.228. The molecule has 0 unspecified atom stereocenters. The van der Waals surface area contributed by atoms with Crippen molar-refractivity contribution in [3.63, 3.8) is 0 Å². The average molecular weight is 367 g/mol. The van der Waals surface area contributed by atoms with Gasteiger partial charge in [0.1, 0.15) is 6.61 Å². The number of hydrogen-bond donors (Lipinski definition) is 2. The van der Waals surface area contributed by atoms with Gasteiger partial charge in [-0.3, -0.25) is 0 Å². The van der Waals surface area contributed by atoms with E-state index < -0.39 is 0 Å². The standard InChI is InChI=1S/C23H30N2O2/c24-17-22(7-4-13-26)20-8-9-21-16-23(11-10-19(21)15-20)25-27-14-12-18-5-2-1-3-6-18/h1-3,5-6,8-9,15,22,26H,4,7,10-14,16-17,24H2/b25-23-/t22-/m0/s1. The molecule has 1 aliphatic rings. The van der Waals surface area contributed by atoms with Crippen LogP contribution in [0.1, 0.15) is 47.4 Å². The molecule has 2 aromatic carbocycles. The van der Waals surface area contributed by atoms with Crippen LogP contribution in [-0.2, 0) is 24.1 Å². The van der Waals surface area contributed by atoms with Crippen LogP contribution in [0.2, 0.25) is 0 Å². The van der Waals surface area contributed by atoms with E-state index in [9.17, 15) is 0 Å². The molecule has 0 heterocycles. The molecule has 0 radical (unpaired) electrons. The van der Waals surface area contributed by atoms with Crippen LogP contribution in [0.15, 0.2) is 53.7 Å². The summed E-state index contributed by atoms with van der Waals surface area (Å²) in [5, 5.41) is 13.4. The van der Waals surface area contributed by atoms with Gasteiger partial charge in [-0.25, -0.2) is 0 Å². The first-order valence-electron chi connectivity index (χ1n) is 9.94. The first-order chi connectivity index (χ1) is 13.3. The quantitative estimate of drug-likeness (QED) is 0.526. The van der Waals surface area contributed by atoms with Gasteiger partial charge in [0.05, 0.1) is 5.71 Å². The van der Waals surface area contributed by atoms with Crippen LogP contribution in [0, 0.1) is 0 Å². The molecule has 2 aromatic rings. The van der Waals surface area contributed by atoms with E-state index in [1.807, 2.05) is 18.2 Å². The lowest BCUT2D eigenvalue weighted by molar-refractivity contribution is 0.146. The molecule has 3 rings (SSSR count). The number of nitrogens with zero attached hydrogens (tertiary/aromatic N) is 1. The zero-order valence-corrected chi connectivity index (χ0v) is 15.9. The van der Waals surface area contributed by atoms with Crippen molar-refractivity contribution in [1.29, 1.82) is 0 Å². The van der Waals surface area contributed by atoms with Gasteiger partial charge < -0.3 is 15.7 Å². The Bertz CT molecular complexity index is 743. The summed E-state index contributed by atoms with van der Waals surface area (Å²) >= 11 is 0. The number of nitrogens with two attached hydrogens (primary N) is 1. The average Bonchev–Trinajstić information content (AvgIpc) is 2.72. The van der Waals surface area contributed by atoms with E-state index in [1.54, 1.807) is 0 Å². The Morgan fingerprint density at radius 1 is 1.07 bits per heavy atom. The van der Waals surface area contributed by atoms with E-state index in [4.69, 9.17) is 15.7 Å². The van der Waals surface area contributed by atoms with Crippen LogP contribution in [-0.4, -0.2) is 30.6 Å². The summed E-state index contributed by atoms with van der Waals surface area (Å²) in [5.41, 5.74) is 12.4. The van der Waals surface area contributed by atoms with Gasteiger partial charge in [0, 0.05) is 19.4 Å². The van der Waals surface area contributed by atoms with Crippen molar-refractivity contribution >= 4 is 5.71 Å². The molecule has 3 N–H and O–H groups in total. The summed E-state index contributed by atoms with van der Waals surface area (Å²) in [6, 6.07) is 17.0. The maximum absolute atomic E-state index is 9.07. The van der Waals surface area contributed by atoms with Gasteiger partial charge in [-0.1, -0.05) is 53.7 Å². The third-order valence-electron chi connectivity index (χ3n) is 5.29. The molecule has 4 heteroatoms. The number of benzene rings is 2. The Kier molecular flexibility index (Phi) is 7.43. The zero-order chi connectivity index (χ0) is 18.9. The lowest BCUT2D eigenvalue weighted by atomic mass is 9.85. The van der Waals surface area contributed by atoms with Gasteiger partial charge in [-0.15, -0.1) is 0 Å². The molecule has 0 saturated carbocycles. The Morgan fingerprint density at radius 3 is 2.70 bits per heavy atom. The van der Waals surface area contributed by atoms with Crippen LogP contribution in [0.3, 0.4) is 0 Å². The van der Waals surface area contributed by atoms with E-state index in [0.29, 0.717) is 19.1 Å². The molecule has 0 fully saturated rings. The first kappa shape index (κ1) is 19.6. The van der Waals surface area contributed by atoms with Crippen molar-refractivity contribution in [3.05, 3.63) is 70.8 Å². The fraction of sp³-hybridized carbons (Fsp3) is 0.435. The number of aryl methyl sites for hydroxylation is 1. The van der Waals surface area contributed by atoms with Crippen LogP contribution in [0.5, 0.6) is 0 Å². The molecule has 0 saturated heterocycles. The highest BCUT2D eigenvalue weighted by atomic mass is 16.6. The number of hydrogen-bond acceptors (Lipinski definition) is 4. The van der Waals surface area contributed by atoms with Crippen molar-refractivity contribution < 1.29 is 9.94 Å². The Hall–Kier alpha value is -2.17. The van der Waals surface area contributed by atoms with E-state index in [-0.39, 0.29) is 6.61 Å². The van der Waals surface area contributed by atoms with Gasteiger partial charge >= 0.3 is 0 Å². The lowest BCUT2D eigenvalue weighted by Crippen LogP contribution is -2.17. The van der Waals surface area contributed by atoms with Crippen LogP contribution in [0.4, 0.5) is 0 Å². The van der Waals surface area contributed by atoms with Crippen LogP contribution >= 0.6 is 0 Å². The van der Waals surface area contributed by atoms with Crippen molar-refractivity contribution in [2.75, 3.05) is 19.8 Å². The van der Waals surface area contributed by atoms with Crippen LogP contribution in [0.25, 0.3) is 0 Å². The van der Waals surface area contributed by atoms with Crippen molar-refractivity contribution in [2.45, 2.75) is 44.4 Å². The summed E-state index contributed by atoms with van der Waals surface area (Å²) in [6.07, 6.45) is 5.44. The SMILES string of the molecule is NC[C@H](CCCO)c1ccc2c(c1)CC/C(=N/OCCc1ccccc1)C2. The van der Waals surface area contributed by atoms with Gasteiger partial charge in [0.15, 0.2) is 0 Å². The molecule has 144 valence electrons. The molecular weight excluding hydrogens is 336 g/mol. The molecular formula is C23H30N2O2. The predicted octanol–water partition coefficient (Wildman–Crippen LogP) is 3.61. The third kappa shape index (κ3) is 5.65. The molecule has 0 bridgehead atoms. The predicted molar refractivity (Wildman–Crippen MR) is 110 cm³/mol. The second-order valence-corrected chi connectivity index (χ2v) is 7.23. The highest BCUT2D eigenvalue weighted by Gasteiger charge is 2.17. The van der Waals surface area contributed by atoms with E-state index in [1.165, 1.54) is 22.3 Å². The number of aliphatic hydroxyl groups is 1. The van der Waals surface area contributed by atoms with Gasteiger partial charge in [0.25, 0.3) is 0 Å². The summed E-state index contributed by atoms with van der Waals surface area (Å²) in [4.78, 5) is 5.56. The van der Waals surface area contributed by atoms with Gasteiger partial charge in [0.2, 0.25) is 0 Å². The molecule has 1 aliphatic carbocycles. The largest absolute Gasteiger partial charge is 0.396 e. The molecule has 1 atom stereocenters. The molecule has 0 aliphatic heterocycles. The highest BCUT2D eigenvalue weighted by molar-refractivity contribution is 5.88. The molecule has 4 nitrogen and oxygen atoms in total. The Morgan fingerprint density at radius 2 is 1.93 bits per heavy atom. The molecule has 0 amide bonds. The first-order valence-corrected chi connectivity index (χ1v) is 9.94. The van der Waals surface area contributed by atoms with Gasteiger partial charge in [-0.2, -0.15) is 0 Å². The molecule has 27 heavy (non-hydrogen) atoms. The lowest BCUT2D eigenvalue weighted by Gasteiger charge is -2.21. The third-order valence-corrected chi connectivity index (χ3v) is 5.29. The fourth-order valence-electron chi connectivity index (χ4n) is 3.67. The monoisotopic (exact) mass is 366 g/mol. The smallest absolute Gasteiger partial charge is 0.121 e. The zero-order valence-electron chi connectivity index (χ0n) is 15.9. The minimum Gasteiger partial charge on any atom is -0.396 e.